The maximum absolute atomic E-state index is 12.4. The molecule has 0 aliphatic rings. The van der Waals surface area contributed by atoms with Crippen molar-refractivity contribution in [1.29, 1.82) is 0 Å². The number of hydrogen-bond acceptors (Lipinski definition) is 3. The Bertz CT molecular complexity index is 575. The third-order valence-electron chi connectivity index (χ3n) is 2.60. The van der Waals surface area contributed by atoms with Crippen molar-refractivity contribution in [3.8, 4) is 0 Å². The van der Waals surface area contributed by atoms with Crippen molar-refractivity contribution in [1.82, 2.24) is 4.31 Å². The fourth-order valence-corrected chi connectivity index (χ4v) is 3.98. The monoisotopic (exact) mass is 366 g/mol. The smallest absolute Gasteiger partial charge is 0.244 e. The third kappa shape index (κ3) is 3.95. The lowest BCUT2D eigenvalue weighted by Gasteiger charge is -2.18. The first-order valence-corrected chi connectivity index (χ1v) is 8.23. The van der Waals surface area contributed by atoms with Crippen molar-refractivity contribution in [3.63, 3.8) is 0 Å². The van der Waals surface area contributed by atoms with Gasteiger partial charge < -0.3 is 5.73 Å². The van der Waals surface area contributed by atoms with Crippen LogP contribution in [0.5, 0.6) is 0 Å². The molecule has 0 aliphatic carbocycles. The van der Waals surface area contributed by atoms with Crippen LogP contribution in [0, 0.1) is 0 Å². The van der Waals surface area contributed by atoms with E-state index in [-0.39, 0.29) is 4.90 Å². The molecule has 1 aromatic carbocycles. The summed E-state index contributed by atoms with van der Waals surface area (Å²) in [5, 5.41) is 0.291. The van der Waals surface area contributed by atoms with E-state index in [1.165, 1.54) is 23.5 Å². The maximum Gasteiger partial charge on any atom is 0.244 e. The zero-order valence-corrected chi connectivity index (χ0v) is 13.7. The highest BCUT2D eigenvalue weighted by atomic mass is 79.9. The lowest BCUT2D eigenvalue weighted by molar-refractivity contribution is 0.462. The average molecular weight is 368 g/mol. The van der Waals surface area contributed by atoms with Crippen LogP contribution in [0.2, 0.25) is 5.02 Å². The minimum atomic E-state index is -3.61. The Balaban J connectivity index is 3.09. The Morgan fingerprint density at radius 2 is 2.16 bits per heavy atom. The molecule has 0 aromatic heterocycles. The number of nitrogens with zero attached hydrogens (tertiary/aromatic N) is 1. The van der Waals surface area contributed by atoms with Crippen LogP contribution in [-0.2, 0) is 10.0 Å². The van der Waals surface area contributed by atoms with Gasteiger partial charge in [-0.25, -0.2) is 12.7 Å². The van der Waals surface area contributed by atoms with E-state index in [9.17, 15) is 8.42 Å². The fourth-order valence-electron chi connectivity index (χ4n) is 1.52. The van der Waals surface area contributed by atoms with E-state index < -0.39 is 10.0 Å². The van der Waals surface area contributed by atoms with Gasteiger partial charge in [0.15, 0.2) is 0 Å². The number of anilines is 1. The molecule has 0 unspecified atom stereocenters. The summed E-state index contributed by atoms with van der Waals surface area (Å²) < 4.78 is 26.4. The van der Waals surface area contributed by atoms with Crippen molar-refractivity contribution >= 4 is 43.2 Å². The molecule has 0 spiro atoms. The van der Waals surface area contributed by atoms with E-state index in [1.807, 2.05) is 0 Å². The molecule has 0 heterocycles. The van der Waals surface area contributed by atoms with Crippen LogP contribution in [-0.4, -0.2) is 26.3 Å². The van der Waals surface area contributed by atoms with Crippen LogP contribution in [0.15, 0.2) is 34.2 Å². The number of unbranched alkanes of at least 4 members (excludes halogenated alkanes) is 1. The second-order valence-corrected chi connectivity index (χ2v) is 7.31. The van der Waals surface area contributed by atoms with E-state index in [0.717, 1.165) is 6.42 Å². The van der Waals surface area contributed by atoms with Crippen LogP contribution >= 0.6 is 27.5 Å². The minimum absolute atomic E-state index is 0.0820. The summed E-state index contributed by atoms with van der Waals surface area (Å²) >= 11 is 9.06. The van der Waals surface area contributed by atoms with Gasteiger partial charge in [-0.05, 0) is 40.9 Å². The predicted octanol–water partition coefficient (Wildman–Crippen LogP) is 3.27. The zero-order chi connectivity index (χ0) is 14.6. The molecule has 7 heteroatoms. The molecule has 1 rings (SSSR count). The van der Waals surface area contributed by atoms with Gasteiger partial charge in [0.2, 0.25) is 10.0 Å². The van der Waals surface area contributed by atoms with Crippen molar-refractivity contribution in [2.75, 3.05) is 19.3 Å². The van der Waals surface area contributed by atoms with Crippen molar-refractivity contribution in [2.45, 2.75) is 17.7 Å². The Hall–Kier alpha value is -0.560. The lowest BCUT2D eigenvalue weighted by atomic mass is 10.3. The van der Waals surface area contributed by atoms with Gasteiger partial charge in [-0.15, -0.1) is 6.58 Å². The number of sulfonamides is 1. The van der Waals surface area contributed by atoms with E-state index in [1.54, 1.807) is 6.08 Å². The minimum Gasteiger partial charge on any atom is -0.398 e. The number of benzene rings is 1. The van der Waals surface area contributed by atoms with Crippen LogP contribution in [0.1, 0.15) is 12.8 Å². The van der Waals surface area contributed by atoms with Gasteiger partial charge >= 0.3 is 0 Å². The SMILES string of the molecule is C=CCCCN(C)S(=O)(=O)c1cc(Cl)cc(N)c1Br. The molecule has 0 saturated carbocycles. The van der Waals surface area contributed by atoms with Gasteiger partial charge in [-0.1, -0.05) is 17.7 Å². The van der Waals surface area contributed by atoms with Crippen LogP contribution in [0.25, 0.3) is 0 Å². The van der Waals surface area contributed by atoms with Gasteiger partial charge in [0.1, 0.15) is 0 Å². The number of rotatable bonds is 6. The first-order chi connectivity index (χ1) is 8.80. The van der Waals surface area contributed by atoms with Gasteiger partial charge in [0, 0.05) is 24.3 Å². The largest absolute Gasteiger partial charge is 0.398 e. The molecule has 0 bridgehead atoms. The number of halogens is 2. The zero-order valence-electron chi connectivity index (χ0n) is 10.6. The summed E-state index contributed by atoms with van der Waals surface area (Å²) in [6.45, 7) is 4.02. The quantitative estimate of drug-likeness (QED) is 0.477. The second kappa shape index (κ2) is 6.74. The van der Waals surface area contributed by atoms with Crippen molar-refractivity contribution < 1.29 is 8.42 Å². The van der Waals surface area contributed by atoms with Gasteiger partial charge in [0.25, 0.3) is 0 Å². The molecule has 0 saturated heterocycles. The molecule has 0 radical (unpaired) electrons. The summed E-state index contributed by atoms with van der Waals surface area (Å²) in [7, 11) is -2.08. The number of hydrogen-bond donors (Lipinski definition) is 1. The topological polar surface area (TPSA) is 63.4 Å². The lowest BCUT2D eigenvalue weighted by Crippen LogP contribution is -2.28. The number of nitrogens with two attached hydrogens (primary N) is 1. The Morgan fingerprint density at radius 3 is 2.74 bits per heavy atom. The maximum atomic E-state index is 12.4. The van der Waals surface area contributed by atoms with Gasteiger partial charge in [0.05, 0.1) is 9.37 Å². The molecule has 2 N–H and O–H groups in total. The standard InChI is InChI=1S/C12H16BrClN2O2S/c1-3-4-5-6-16(2)19(17,18)11-8-9(14)7-10(15)12(11)13/h3,7-8H,1,4-6,15H2,2H3. The molecule has 0 fully saturated rings. The van der Waals surface area contributed by atoms with Gasteiger partial charge in [-0.3, -0.25) is 0 Å². The fraction of sp³-hybridized carbons (Fsp3) is 0.333. The summed E-state index contributed by atoms with van der Waals surface area (Å²) in [5.74, 6) is 0. The highest BCUT2D eigenvalue weighted by molar-refractivity contribution is 9.10. The molecule has 0 aliphatic heterocycles. The second-order valence-electron chi connectivity index (χ2n) is 4.06. The van der Waals surface area contributed by atoms with Crippen LogP contribution < -0.4 is 5.73 Å². The molecule has 4 nitrogen and oxygen atoms in total. The first kappa shape index (κ1) is 16.5. The van der Waals surface area contributed by atoms with Crippen molar-refractivity contribution in [3.05, 3.63) is 34.3 Å². The van der Waals surface area contributed by atoms with E-state index in [0.29, 0.717) is 28.1 Å². The molecular weight excluding hydrogens is 352 g/mol. The first-order valence-electron chi connectivity index (χ1n) is 5.62. The molecule has 0 amide bonds. The summed E-state index contributed by atoms with van der Waals surface area (Å²) in [4.78, 5) is 0.0820. The van der Waals surface area contributed by atoms with Crippen molar-refractivity contribution in [2.24, 2.45) is 0 Å². The van der Waals surface area contributed by atoms with E-state index in [2.05, 4.69) is 22.5 Å². The molecule has 106 valence electrons. The molecule has 1 aromatic rings. The summed E-state index contributed by atoms with van der Waals surface area (Å²) in [6.07, 6.45) is 3.24. The van der Waals surface area contributed by atoms with E-state index >= 15 is 0 Å². The number of allylic oxidation sites excluding steroid dienone is 1. The normalized spacial score (nSPS) is 11.8. The highest BCUT2D eigenvalue weighted by Crippen LogP contribution is 2.32. The van der Waals surface area contributed by atoms with Crippen LogP contribution in [0.3, 0.4) is 0 Å². The Labute approximate surface area is 127 Å². The number of nitrogen functional groups attached to an aromatic ring is 1. The third-order valence-corrected chi connectivity index (χ3v) is 5.85. The summed E-state index contributed by atoms with van der Waals surface area (Å²) in [5.41, 5.74) is 6.01. The Kier molecular flexibility index (Phi) is 5.85. The summed E-state index contributed by atoms with van der Waals surface area (Å²) in [6, 6.07) is 2.89. The molecule has 0 atom stereocenters. The molecule has 19 heavy (non-hydrogen) atoms. The van der Waals surface area contributed by atoms with Gasteiger partial charge in [-0.2, -0.15) is 0 Å². The Morgan fingerprint density at radius 1 is 1.53 bits per heavy atom. The van der Waals surface area contributed by atoms with E-state index in [4.69, 9.17) is 17.3 Å². The predicted molar refractivity (Wildman–Crippen MR) is 82.8 cm³/mol. The highest BCUT2D eigenvalue weighted by Gasteiger charge is 2.24. The average Bonchev–Trinajstić information content (AvgIpc) is 2.33. The molecular formula is C12H16BrClN2O2S. The van der Waals surface area contributed by atoms with Crippen LogP contribution in [0.4, 0.5) is 5.69 Å².